The zero-order valence-electron chi connectivity index (χ0n) is 17.3. The minimum absolute atomic E-state index is 0.00560. The van der Waals surface area contributed by atoms with Crippen LogP contribution < -0.4 is 10.6 Å². The van der Waals surface area contributed by atoms with Crippen molar-refractivity contribution in [1.82, 2.24) is 25.3 Å². The molecular formula is C21H30N6O2. The van der Waals surface area contributed by atoms with Gasteiger partial charge >= 0.3 is 0 Å². The fraction of sp³-hybridized carbons (Fsp3) is 0.476. The molecule has 3 rings (SSSR count). The van der Waals surface area contributed by atoms with Gasteiger partial charge in [0.1, 0.15) is 6.54 Å². The maximum absolute atomic E-state index is 12.0. The van der Waals surface area contributed by atoms with Crippen molar-refractivity contribution in [2.24, 2.45) is 10.9 Å². The first kappa shape index (κ1) is 20.9. The van der Waals surface area contributed by atoms with Crippen LogP contribution in [0.5, 0.6) is 0 Å². The number of carbonyl (C=O) groups excluding carboxylic acids is 1. The number of likely N-dealkylation sites (N-methyl/N-ethyl adjacent to an activating group) is 1. The van der Waals surface area contributed by atoms with Gasteiger partial charge in [0.15, 0.2) is 5.96 Å². The predicted octanol–water partition coefficient (Wildman–Crippen LogP) is 1.59. The summed E-state index contributed by atoms with van der Waals surface area (Å²) in [5.41, 5.74) is 2.11. The van der Waals surface area contributed by atoms with E-state index >= 15 is 0 Å². The highest BCUT2D eigenvalue weighted by atomic mass is 16.5. The van der Waals surface area contributed by atoms with Crippen LogP contribution in [0.15, 0.2) is 47.7 Å². The van der Waals surface area contributed by atoms with Gasteiger partial charge in [-0.15, -0.1) is 0 Å². The molecule has 2 heterocycles. The zero-order chi connectivity index (χ0) is 20.6. The van der Waals surface area contributed by atoms with Gasteiger partial charge in [-0.1, -0.05) is 12.1 Å². The third kappa shape index (κ3) is 6.05. The molecule has 2 unspecified atom stereocenters. The van der Waals surface area contributed by atoms with Crippen molar-refractivity contribution in [2.45, 2.75) is 19.4 Å². The number of nitrogens with one attached hydrogen (secondary N) is 2. The van der Waals surface area contributed by atoms with Crippen molar-refractivity contribution >= 4 is 11.9 Å². The average Bonchev–Trinajstić information content (AvgIpc) is 3.43. The fourth-order valence-electron chi connectivity index (χ4n) is 3.07. The minimum atomic E-state index is -0.0383. The Labute approximate surface area is 171 Å². The third-order valence-electron chi connectivity index (χ3n) is 4.95. The molecule has 0 saturated carbocycles. The molecule has 8 nitrogen and oxygen atoms in total. The van der Waals surface area contributed by atoms with Crippen molar-refractivity contribution in [3.8, 4) is 5.69 Å². The summed E-state index contributed by atoms with van der Waals surface area (Å²) in [4.78, 5) is 18.0. The van der Waals surface area contributed by atoms with Crippen LogP contribution in [-0.2, 0) is 9.53 Å². The molecule has 0 bridgehead atoms. The molecule has 8 heteroatoms. The zero-order valence-corrected chi connectivity index (χ0v) is 17.3. The molecule has 1 aliphatic heterocycles. The molecule has 29 heavy (non-hydrogen) atoms. The fourth-order valence-corrected chi connectivity index (χ4v) is 3.07. The second-order valence-corrected chi connectivity index (χ2v) is 7.48. The number of amides is 1. The number of aromatic nitrogens is 2. The second-order valence-electron chi connectivity index (χ2n) is 7.48. The van der Waals surface area contributed by atoms with Crippen LogP contribution in [0.4, 0.5) is 0 Å². The van der Waals surface area contributed by atoms with Crippen molar-refractivity contribution < 1.29 is 9.53 Å². The van der Waals surface area contributed by atoms with Crippen LogP contribution in [0.1, 0.15) is 24.9 Å². The van der Waals surface area contributed by atoms with E-state index in [1.54, 1.807) is 25.2 Å². The Morgan fingerprint density at radius 2 is 2.28 bits per heavy atom. The molecular weight excluding hydrogens is 368 g/mol. The first-order chi connectivity index (χ1) is 14.0. The number of carbonyl (C=O) groups is 1. The molecule has 0 spiro atoms. The maximum atomic E-state index is 12.0. The molecule has 0 radical (unpaired) electrons. The van der Waals surface area contributed by atoms with Crippen molar-refractivity contribution in [1.29, 1.82) is 0 Å². The third-order valence-corrected chi connectivity index (χ3v) is 4.95. The van der Waals surface area contributed by atoms with Crippen LogP contribution in [0, 0.1) is 5.92 Å². The van der Waals surface area contributed by atoms with E-state index in [0.717, 1.165) is 37.4 Å². The smallest absolute Gasteiger partial charge is 0.243 e. The number of benzene rings is 1. The highest BCUT2D eigenvalue weighted by Crippen LogP contribution is 2.17. The van der Waals surface area contributed by atoms with E-state index in [2.05, 4.69) is 39.8 Å². The highest BCUT2D eigenvalue weighted by molar-refractivity contribution is 5.85. The summed E-state index contributed by atoms with van der Waals surface area (Å²) in [6, 6.07) is 10.1. The highest BCUT2D eigenvalue weighted by Gasteiger charge is 2.17. The van der Waals surface area contributed by atoms with E-state index in [1.807, 2.05) is 29.1 Å². The molecule has 2 aromatic rings. The number of hydrogen-bond donors (Lipinski definition) is 2. The lowest BCUT2D eigenvalue weighted by Crippen LogP contribution is -2.42. The average molecular weight is 399 g/mol. The van der Waals surface area contributed by atoms with Crippen LogP contribution >= 0.6 is 0 Å². The predicted molar refractivity (Wildman–Crippen MR) is 113 cm³/mol. The lowest BCUT2D eigenvalue weighted by Gasteiger charge is -2.21. The van der Waals surface area contributed by atoms with Crippen LogP contribution in [-0.4, -0.2) is 66.9 Å². The maximum Gasteiger partial charge on any atom is 0.243 e. The summed E-state index contributed by atoms with van der Waals surface area (Å²) in [5.74, 6) is 1.05. The Hall–Kier alpha value is -2.87. The van der Waals surface area contributed by atoms with E-state index in [0.29, 0.717) is 11.9 Å². The largest absolute Gasteiger partial charge is 0.381 e. The Morgan fingerprint density at radius 3 is 2.97 bits per heavy atom. The number of aliphatic imine (C=N–C) groups is 1. The van der Waals surface area contributed by atoms with E-state index < -0.39 is 0 Å². The number of rotatable bonds is 7. The second kappa shape index (κ2) is 10.1. The molecule has 2 atom stereocenters. The molecule has 1 aliphatic rings. The molecule has 1 aromatic carbocycles. The summed E-state index contributed by atoms with van der Waals surface area (Å²) in [5, 5.41) is 11.1. The Morgan fingerprint density at radius 1 is 1.41 bits per heavy atom. The summed E-state index contributed by atoms with van der Waals surface area (Å²) in [7, 11) is 3.47. The van der Waals surface area contributed by atoms with Crippen molar-refractivity contribution in [2.75, 3.05) is 40.4 Å². The van der Waals surface area contributed by atoms with Gasteiger partial charge in [-0.3, -0.25) is 4.79 Å². The summed E-state index contributed by atoms with van der Waals surface area (Å²) in [6.45, 7) is 4.51. The van der Waals surface area contributed by atoms with Crippen molar-refractivity contribution in [3.63, 3.8) is 0 Å². The summed E-state index contributed by atoms with van der Waals surface area (Å²) in [6.07, 6.45) is 4.72. The van der Waals surface area contributed by atoms with Gasteiger partial charge in [-0.25, -0.2) is 9.67 Å². The van der Waals surface area contributed by atoms with E-state index in [9.17, 15) is 4.79 Å². The standard InChI is InChI=1S/C21H30N6O2/c1-16(18-6-4-7-19(12-18)27-10-5-9-24-27)25-21(23-14-20(28)26(2)3)22-13-17-8-11-29-15-17/h4-7,9-10,12,16-17H,8,11,13-15H2,1-3H3,(H2,22,23,25). The normalized spacial score (nSPS) is 17.8. The Kier molecular flexibility index (Phi) is 7.24. The molecule has 0 aliphatic carbocycles. The molecule has 156 valence electrons. The van der Waals surface area contributed by atoms with E-state index in [4.69, 9.17) is 4.74 Å². The first-order valence-corrected chi connectivity index (χ1v) is 9.95. The molecule has 2 N–H and O–H groups in total. The van der Waals surface area contributed by atoms with E-state index in [1.165, 1.54) is 0 Å². The SMILES string of the molecule is CC(NC(=NCC(=O)N(C)C)NCC1CCOC1)c1cccc(-n2cccn2)c1. The monoisotopic (exact) mass is 398 g/mol. The van der Waals surface area contributed by atoms with Crippen LogP contribution in [0.3, 0.4) is 0 Å². The number of ether oxygens (including phenoxy) is 1. The van der Waals surface area contributed by atoms with Crippen molar-refractivity contribution in [3.05, 3.63) is 48.3 Å². The van der Waals surface area contributed by atoms with Gasteiger partial charge in [-0.05, 0) is 37.1 Å². The minimum Gasteiger partial charge on any atom is -0.381 e. The van der Waals surface area contributed by atoms with Gasteiger partial charge in [0.05, 0.1) is 18.3 Å². The van der Waals surface area contributed by atoms with Gasteiger partial charge in [0, 0.05) is 45.6 Å². The van der Waals surface area contributed by atoms with Gasteiger partial charge in [-0.2, -0.15) is 5.10 Å². The lowest BCUT2D eigenvalue weighted by atomic mass is 10.1. The lowest BCUT2D eigenvalue weighted by molar-refractivity contribution is -0.127. The summed E-state index contributed by atoms with van der Waals surface area (Å²) >= 11 is 0. The molecule has 1 saturated heterocycles. The van der Waals surface area contributed by atoms with Crippen LogP contribution in [0.2, 0.25) is 0 Å². The molecule has 1 fully saturated rings. The summed E-state index contributed by atoms with van der Waals surface area (Å²) < 4.78 is 7.28. The Balaban J connectivity index is 1.68. The number of hydrogen-bond acceptors (Lipinski definition) is 4. The van der Waals surface area contributed by atoms with Crippen LogP contribution in [0.25, 0.3) is 5.69 Å². The van der Waals surface area contributed by atoms with Gasteiger partial charge in [0.2, 0.25) is 5.91 Å². The quantitative estimate of drug-likeness (QED) is 0.547. The van der Waals surface area contributed by atoms with E-state index in [-0.39, 0.29) is 18.5 Å². The topological polar surface area (TPSA) is 83.8 Å². The van der Waals surface area contributed by atoms with Gasteiger partial charge in [0.25, 0.3) is 0 Å². The van der Waals surface area contributed by atoms with Gasteiger partial charge < -0.3 is 20.3 Å². The Bertz CT molecular complexity index is 812. The number of guanidine groups is 1. The molecule has 1 aromatic heterocycles. The first-order valence-electron chi connectivity index (χ1n) is 9.95. The molecule has 1 amide bonds. The number of nitrogens with zero attached hydrogens (tertiary/aromatic N) is 4.